The van der Waals surface area contributed by atoms with Crippen LogP contribution >= 0.6 is 0 Å². The van der Waals surface area contributed by atoms with Gasteiger partial charge in [0.15, 0.2) is 0 Å². The standard InChI is InChI=1S/C24H33N7O/c1-5-31(6-2)23-19-11-10-18(14-21(19)27-24(28-23)26-17(3)32)20-15-25-29(4)22(20)16-30-12-8-7-9-13-30/h10-11,14-15H,5-9,12-13,16H2,1-4H3,(H,26,27,28,32). The van der Waals surface area contributed by atoms with Crippen molar-refractivity contribution in [2.24, 2.45) is 7.05 Å². The fourth-order valence-corrected chi connectivity index (χ4v) is 4.48. The van der Waals surface area contributed by atoms with E-state index in [1.54, 1.807) is 0 Å². The lowest BCUT2D eigenvalue weighted by Gasteiger charge is -2.26. The van der Waals surface area contributed by atoms with Crippen LogP contribution in [-0.2, 0) is 18.4 Å². The molecule has 170 valence electrons. The molecule has 0 unspecified atom stereocenters. The summed E-state index contributed by atoms with van der Waals surface area (Å²) in [6.07, 6.45) is 5.80. The molecule has 1 aliphatic heterocycles. The predicted molar refractivity (Wildman–Crippen MR) is 129 cm³/mol. The SMILES string of the molecule is CCN(CC)c1nc(NC(C)=O)nc2cc(-c3cnn(C)c3CN3CCCCC3)ccc12. The number of carbonyl (C=O) groups is 1. The highest BCUT2D eigenvalue weighted by molar-refractivity contribution is 5.95. The number of piperidine rings is 1. The van der Waals surface area contributed by atoms with Gasteiger partial charge in [-0.3, -0.25) is 19.7 Å². The van der Waals surface area contributed by atoms with E-state index in [0.29, 0.717) is 5.95 Å². The number of carbonyl (C=O) groups excluding carboxylic acids is 1. The molecule has 0 spiro atoms. The maximum absolute atomic E-state index is 11.7. The number of anilines is 2. The molecule has 1 aliphatic rings. The van der Waals surface area contributed by atoms with Crippen molar-refractivity contribution >= 4 is 28.6 Å². The summed E-state index contributed by atoms with van der Waals surface area (Å²) in [5, 5.41) is 8.30. The van der Waals surface area contributed by atoms with Gasteiger partial charge in [0.25, 0.3) is 0 Å². The van der Waals surface area contributed by atoms with Gasteiger partial charge in [-0.15, -0.1) is 0 Å². The summed E-state index contributed by atoms with van der Waals surface area (Å²) in [5.74, 6) is 1.00. The maximum Gasteiger partial charge on any atom is 0.231 e. The van der Waals surface area contributed by atoms with Gasteiger partial charge in [0.2, 0.25) is 11.9 Å². The van der Waals surface area contributed by atoms with E-state index in [1.165, 1.54) is 31.9 Å². The van der Waals surface area contributed by atoms with Crippen molar-refractivity contribution in [2.45, 2.75) is 46.6 Å². The van der Waals surface area contributed by atoms with Crippen molar-refractivity contribution in [3.63, 3.8) is 0 Å². The third kappa shape index (κ3) is 4.60. The minimum absolute atomic E-state index is 0.179. The lowest BCUT2D eigenvalue weighted by molar-refractivity contribution is -0.114. The average Bonchev–Trinajstić information content (AvgIpc) is 3.14. The predicted octanol–water partition coefficient (Wildman–Crippen LogP) is 3.82. The summed E-state index contributed by atoms with van der Waals surface area (Å²) in [5.41, 5.74) is 4.24. The van der Waals surface area contributed by atoms with Crippen LogP contribution in [0.15, 0.2) is 24.4 Å². The third-order valence-electron chi connectivity index (χ3n) is 6.22. The van der Waals surface area contributed by atoms with E-state index in [9.17, 15) is 4.79 Å². The number of nitrogens with one attached hydrogen (secondary N) is 1. The monoisotopic (exact) mass is 435 g/mol. The molecule has 4 rings (SSSR count). The van der Waals surface area contributed by atoms with Crippen LogP contribution in [0.1, 0.15) is 45.7 Å². The summed E-state index contributed by atoms with van der Waals surface area (Å²) in [7, 11) is 2.01. The highest BCUT2D eigenvalue weighted by Crippen LogP contribution is 2.32. The number of nitrogens with zero attached hydrogens (tertiary/aromatic N) is 6. The number of rotatable bonds is 7. The van der Waals surface area contributed by atoms with Crippen LogP contribution in [0.2, 0.25) is 0 Å². The Kier molecular flexibility index (Phi) is 6.69. The fraction of sp³-hybridized carbons (Fsp3) is 0.500. The van der Waals surface area contributed by atoms with Crippen molar-refractivity contribution in [3.05, 3.63) is 30.1 Å². The molecule has 1 fully saturated rings. The van der Waals surface area contributed by atoms with Gasteiger partial charge in [0, 0.05) is 44.6 Å². The molecule has 1 amide bonds. The zero-order chi connectivity index (χ0) is 22.7. The Morgan fingerprint density at radius 2 is 1.88 bits per heavy atom. The number of benzene rings is 1. The van der Waals surface area contributed by atoms with Crippen LogP contribution < -0.4 is 10.2 Å². The van der Waals surface area contributed by atoms with Crippen LogP contribution in [-0.4, -0.2) is 56.7 Å². The van der Waals surface area contributed by atoms with Gasteiger partial charge in [0.05, 0.1) is 17.4 Å². The van der Waals surface area contributed by atoms with E-state index in [0.717, 1.165) is 60.6 Å². The summed E-state index contributed by atoms with van der Waals surface area (Å²) in [4.78, 5) is 25.7. The topological polar surface area (TPSA) is 79.2 Å². The summed E-state index contributed by atoms with van der Waals surface area (Å²) in [6.45, 7) is 10.5. The molecule has 8 heteroatoms. The van der Waals surface area contributed by atoms with Gasteiger partial charge in [-0.05, 0) is 57.5 Å². The number of aryl methyl sites for hydroxylation is 1. The van der Waals surface area contributed by atoms with Crippen LogP contribution in [0.3, 0.4) is 0 Å². The smallest absolute Gasteiger partial charge is 0.231 e. The molecule has 2 aromatic heterocycles. The first-order chi connectivity index (χ1) is 15.5. The zero-order valence-corrected chi connectivity index (χ0v) is 19.6. The lowest BCUT2D eigenvalue weighted by atomic mass is 10.0. The molecular formula is C24H33N7O. The first-order valence-electron chi connectivity index (χ1n) is 11.6. The van der Waals surface area contributed by atoms with Crippen LogP contribution in [0.5, 0.6) is 0 Å². The van der Waals surface area contributed by atoms with Crippen molar-refractivity contribution in [1.82, 2.24) is 24.6 Å². The molecule has 1 saturated heterocycles. The molecule has 0 atom stereocenters. The van der Waals surface area contributed by atoms with Crippen molar-refractivity contribution in [3.8, 4) is 11.1 Å². The minimum atomic E-state index is -0.179. The Balaban J connectivity index is 1.77. The second-order valence-corrected chi connectivity index (χ2v) is 8.42. The van der Waals surface area contributed by atoms with Crippen molar-refractivity contribution in [2.75, 3.05) is 36.4 Å². The number of amides is 1. The largest absolute Gasteiger partial charge is 0.356 e. The summed E-state index contributed by atoms with van der Waals surface area (Å²) >= 11 is 0. The molecule has 1 N–H and O–H groups in total. The number of likely N-dealkylation sites (tertiary alicyclic amines) is 1. The molecule has 3 heterocycles. The zero-order valence-electron chi connectivity index (χ0n) is 19.6. The number of hydrogen-bond donors (Lipinski definition) is 1. The van der Waals surface area contributed by atoms with E-state index in [1.807, 2.05) is 17.9 Å². The van der Waals surface area contributed by atoms with Crippen molar-refractivity contribution in [1.29, 1.82) is 0 Å². The highest BCUT2D eigenvalue weighted by Gasteiger charge is 2.19. The first kappa shape index (κ1) is 22.2. The molecule has 0 saturated carbocycles. The number of hydrogen-bond acceptors (Lipinski definition) is 6. The van der Waals surface area contributed by atoms with E-state index in [4.69, 9.17) is 0 Å². The molecular weight excluding hydrogens is 402 g/mol. The van der Waals surface area contributed by atoms with E-state index < -0.39 is 0 Å². The Morgan fingerprint density at radius 3 is 2.56 bits per heavy atom. The Hall–Kier alpha value is -3.00. The maximum atomic E-state index is 11.7. The highest BCUT2D eigenvalue weighted by atomic mass is 16.1. The van der Waals surface area contributed by atoms with Gasteiger partial charge in [-0.2, -0.15) is 10.1 Å². The van der Waals surface area contributed by atoms with E-state index in [2.05, 4.69) is 62.2 Å². The Bertz CT molecular complexity index is 1100. The van der Waals surface area contributed by atoms with Gasteiger partial charge in [-0.1, -0.05) is 12.5 Å². The van der Waals surface area contributed by atoms with E-state index >= 15 is 0 Å². The average molecular weight is 436 g/mol. The molecule has 0 aliphatic carbocycles. The van der Waals surface area contributed by atoms with Gasteiger partial charge in [-0.25, -0.2) is 4.98 Å². The Labute approximate surface area is 189 Å². The minimum Gasteiger partial charge on any atom is -0.356 e. The third-order valence-corrected chi connectivity index (χ3v) is 6.22. The lowest BCUT2D eigenvalue weighted by Crippen LogP contribution is -2.30. The number of aromatic nitrogens is 4. The van der Waals surface area contributed by atoms with Gasteiger partial charge >= 0.3 is 0 Å². The summed E-state index contributed by atoms with van der Waals surface area (Å²) in [6, 6.07) is 6.31. The van der Waals surface area contributed by atoms with Crippen LogP contribution in [0, 0.1) is 0 Å². The summed E-state index contributed by atoms with van der Waals surface area (Å²) < 4.78 is 1.98. The molecule has 32 heavy (non-hydrogen) atoms. The second-order valence-electron chi connectivity index (χ2n) is 8.42. The molecule has 1 aromatic carbocycles. The second kappa shape index (κ2) is 9.65. The van der Waals surface area contributed by atoms with Crippen molar-refractivity contribution < 1.29 is 4.79 Å². The first-order valence-corrected chi connectivity index (χ1v) is 11.6. The van der Waals surface area contributed by atoms with Crippen LogP contribution in [0.25, 0.3) is 22.0 Å². The molecule has 0 bridgehead atoms. The van der Waals surface area contributed by atoms with Gasteiger partial charge in [0.1, 0.15) is 5.82 Å². The Morgan fingerprint density at radius 1 is 1.12 bits per heavy atom. The quantitative estimate of drug-likeness (QED) is 0.608. The van der Waals surface area contributed by atoms with Crippen LogP contribution in [0.4, 0.5) is 11.8 Å². The van der Waals surface area contributed by atoms with E-state index in [-0.39, 0.29) is 5.91 Å². The molecule has 3 aromatic rings. The fourth-order valence-electron chi connectivity index (χ4n) is 4.48. The normalized spacial score (nSPS) is 14.6. The van der Waals surface area contributed by atoms with Gasteiger partial charge < -0.3 is 4.90 Å². The molecule has 0 radical (unpaired) electrons. The number of fused-ring (bicyclic) bond motifs is 1. The molecule has 8 nitrogen and oxygen atoms in total.